The lowest BCUT2D eigenvalue weighted by Crippen LogP contribution is -2.19. The van der Waals surface area contributed by atoms with Crippen molar-refractivity contribution in [3.63, 3.8) is 0 Å². The highest BCUT2D eigenvalue weighted by Crippen LogP contribution is 2.20. The molecule has 0 radical (unpaired) electrons. The van der Waals surface area contributed by atoms with Crippen molar-refractivity contribution in [3.8, 4) is 0 Å². The van der Waals surface area contributed by atoms with Gasteiger partial charge in [-0.3, -0.25) is 4.79 Å². The van der Waals surface area contributed by atoms with E-state index >= 15 is 0 Å². The number of rotatable bonds is 6. The average molecular weight is 360 g/mol. The molecule has 1 saturated heterocycles. The maximum Gasteiger partial charge on any atom is 0.356 e. The van der Waals surface area contributed by atoms with Gasteiger partial charge in [0.15, 0.2) is 5.69 Å². The fourth-order valence-corrected chi connectivity index (χ4v) is 2.52. The summed E-state index contributed by atoms with van der Waals surface area (Å²) < 4.78 is 19.6. The second kappa shape index (κ2) is 7.87. The summed E-state index contributed by atoms with van der Waals surface area (Å²) in [6.07, 6.45) is 4.07. The van der Waals surface area contributed by atoms with Crippen LogP contribution in [0.15, 0.2) is 30.6 Å². The van der Waals surface area contributed by atoms with Crippen molar-refractivity contribution < 1.29 is 23.8 Å². The van der Waals surface area contributed by atoms with Crippen LogP contribution >= 0.6 is 0 Å². The second-order valence-corrected chi connectivity index (χ2v) is 5.76. The van der Waals surface area contributed by atoms with Gasteiger partial charge < -0.3 is 20.5 Å². The highest BCUT2D eigenvalue weighted by molar-refractivity contribution is 6.02. The zero-order valence-corrected chi connectivity index (χ0v) is 13.7. The predicted molar refractivity (Wildman–Crippen MR) is 90.8 cm³/mol. The number of carbonyl (C=O) groups is 2. The first kappa shape index (κ1) is 17.7. The van der Waals surface area contributed by atoms with E-state index in [9.17, 15) is 14.0 Å². The van der Waals surface area contributed by atoms with E-state index in [0.29, 0.717) is 12.2 Å². The van der Waals surface area contributed by atoms with Crippen molar-refractivity contribution in [1.82, 2.24) is 9.97 Å². The van der Waals surface area contributed by atoms with E-state index in [4.69, 9.17) is 9.84 Å². The smallest absolute Gasteiger partial charge is 0.356 e. The van der Waals surface area contributed by atoms with E-state index in [1.807, 2.05) is 0 Å². The van der Waals surface area contributed by atoms with Gasteiger partial charge in [0.1, 0.15) is 11.5 Å². The lowest BCUT2D eigenvalue weighted by atomic mass is 10.2. The lowest BCUT2D eigenvalue weighted by Gasteiger charge is -2.13. The molecule has 0 saturated carbocycles. The van der Waals surface area contributed by atoms with Gasteiger partial charge in [0.2, 0.25) is 0 Å². The zero-order chi connectivity index (χ0) is 18.5. The maximum atomic E-state index is 14.2. The van der Waals surface area contributed by atoms with Gasteiger partial charge in [0.05, 0.1) is 24.2 Å². The van der Waals surface area contributed by atoms with Crippen molar-refractivity contribution in [2.45, 2.75) is 18.9 Å². The highest BCUT2D eigenvalue weighted by atomic mass is 19.1. The molecule has 1 aromatic heterocycles. The molecule has 2 heterocycles. The molecule has 9 heteroatoms. The van der Waals surface area contributed by atoms with Gasteiger partial charge >= 0.3 is 5.97 Å². The van der Waals surface area contributed by atoms with Gasteiger partial charge in [-0.2, -0.15) is 0 Å². The van der Waals surface area contributed by atoms with Crippen molar-refractivity contribution in [1.29, 1.82) is 0 Å². The number of ether oxygens (including phenoxy) is 1. The molecule has 1 aliphatic heterocycles. The van der Waals surface area contributed by atoms with E-state index in [0.717, 1.165) is 31.8 Å². The molecule has 1 fully saturated rings. The topological polar surface area (TPSA) is 113 Å². The van der Waals surface area contributed by atoms with Crippen LogP contribution < -0.4 is 10.6 Å². The summed E-state index contributed by atoms with van der Waals surface area (Å²) in [7, 11) is 0. The van der Waals surface area contributed by atoms with E-state index in [1.54, 1.807) is 6.07 Å². The van der Waals surface area contributed by atoms with Crippen molar-refractivity contribution >= 4 is 23.3 Å². The molecular formula is C17H17FN4O4. The lowest BCUT2D eigenvalue weighted by molar-refractivity contribution is 0.0689. The van der Waals surface area contributed by atoms with Crippen LogP contribution in [0.25, 0.3) is 0 Å². The largest absolute Gasteiger partial charge is 0.476 e. The van der Waals surface area contributed by atoms with Gasteiger partial charge in [-0.1, -0.05) is 0 Å². The number of carboxylic acids is 1. The first-order valence-corrected chi connectivity index (χ1v) is 8.04. The summed E-state index contributed by atoms with van der Waals surface area (Å²) in [5, 5.41) is 14.2. The van der Waals surface area contributed by atoms with Gasteiger partial charge in [0.25, 0.3) is 5.91 Å². The number of halogens is 1. The maximum absolute atomic E-state index is 14.2. The number of nitrogens with zero attached hydrogens (tertiary/aromatic N) is 2. The molecule has 136 valence electrons. The molecule has 3 N–H and O–H groups in total. The van der Waals surface area contributed by atoms with Crippen LogP contribution in [0.2, 0.25) is 0 Å². The highest BCUT2D eigenvalue weighted by Gasteiger charge is 2.16. The summed E-state index contributed by atoms with van der Waals surface area (Å²) in [6, 6.07) is 4.27. The average Bonchev–Trinajstić information content (AvgIpc) is 3.14. The Bertz CT molecular complexity index is 807. The van der Waals surface area contributed by atoms with Gasteiger partial charge in [-0.15, -0.1) is 0 Å². The number of amides is 1. The third-order valence-electron chi connectivity index (χ3n) is 3.87. The van der Waals surface area contributed by atoms with Crippen molar-refractivity contribution in [2.24, 2.45) is 0 Å². The molecule has 1 amide bonds. The summed E-state index contributed by atoms with van der Waals surface area (Å²) in [4.78, 5) is 30.1. The SMILES string of the molecule is O=C(O)c1cnc(C(=O)Nc2ccc(NCC3CCCO3)c(F)c2)cn1. The molecule has 1 atom stereocenters. The van der Waals surface area contributed by atoms with E-state index in [1.165, 1.54) is 12.1 Å². The fourth-order valence-electron chi connectivity index (χ4n) is 2.52. The normalized spacial score (nSPS) is 16.3. The number of carboxylic acid groups (broad SMARTS) is 1. The molecule has 1 aromatic carbocycles. The molecule has 0 bridgehead atoms. The van der Waals surface area contributed by atoms with E-state index < -0.39 is 17.7 Å². The Hall–Kier alpha value is -3.07. The van der Waals surface area contributed by atoms with Crippen molar-refractivity contribution in [3.05, 3.63) is 47.8 Å². The third-order valence-corrected chi connectivity index (χ3v) is 3.87. The van der Waals surface area contributed by atoms with Gasteiger partial charge in [-0.25, -0.2) is 19.2 Å². The molecule has 8 nitrogen and oxygen atoms in total. The minimum atomic E-state index is -1.24. The number of nitrogens with one attached hydrogen (secondary N) is 2. The fraction of sp³-hybridized carbons (Fsp3) is 0.294. The van der Waals surface area contributed by atoms with Gasteiger partial charge in [0, 0.05) is 18.8 Å². The predicted octanol–water partition coefficient (Wildman–Crippen LogP) is 2.16. The van der Waals surface area contributed by atoms with Crippen molar-refractivity contribution in [2.75, 3.05) is 23.8 Å². The molecule has 1 aliphatic rings. The summed E-state index contributed by atoms with van der Waals surface area (Å²) in [6.45, 7) is 1.25. The number of carbonyl (C=O) groups excluding carboxylic acids is 1. The van der Waals surface area contributed by atoms with Crippen LogP contribution in [0, 0.1) is 5.82 Å². The molecule has 0 aliphatic carbocycles. The Labute approximate surface area is 148 Å². The quantitative estimate of drug-likeness (QED) is 0.723. The molecule has 2 aromatic rings. The number of hydrogen-bond donors (Lipinski definition) is 3. The second-order valence-electron chi connectivity index (χ2n) is 5.76. The number of benzene rings is 1. The minimum Gasteiger partial charge on any atom is -0.476 e. The Morgan fingerprint density at radius 1 is 1.27 bits per heavy atom. The monoisotopic (exact) mass is 360 g/mol. The van der Waals surface area contributed by atoms with Crippen LogP contribution in [0.1, 0.15) is 33.8 Å². The van der Waals surface area contributed by atoms with Crippen LogP contribution in [0.3, 0.4) is 0 Å². The molecule has 0 spiro atoms. The Balaban J connectivity index is 1.61. The number of aromatic carboxylic acids is 1. The van der Waals surface area contributed by atoms with E-state index in [-0.39, 0.29) is 23.2 Å². The number of anilines is 2. The number of aromatic nitrogens is 2. The molecular weight excluding hydrogens is 343 g/mol. The third kappa shape index (κ3) is 4.31. The summed E-state index contributed by atoms with van der Waals surface area (Å²) in [5.74, 6) is -2.36. The first-order valence-electron chi connectivity index (χ1n) is 8.04. The Morgan fingerprint density at radius 3 is 2.65 bits per heavy atom. The molecule has 1 unspecified atom stereocenters. The standard InChI is InChI=1S/C17H17FN4O4/c18-12-6-10(3-4-13(12)19-7-11-2-1-5-26-11)22-16(23)14-8-21-15(9-20-14)17(24)25/h3-4,6,8-9,11,19H,1-2,5,7H2,(H,22,23)(H,24,25). The summed E-state index contributed by atoms with van der Waals surface area (Å²) >= 11 is 0. The van der Waals surface area contributed by atoms with Crippen LogP contribution in [0.4, 0.5) is 15.8 Å². The van der Waals surface area contributed by atoms with Crippen LogP contribution in [-0.4, -0.2) is 46.2 Å². The van der Waals surface area contributed by atoms with Gasteiger partial charge in [-0.05, 0) is 31.0 Å². The van der Waals surface area contributed by atoms with E-state index in [2.05, 4.69) is 20.6 Å². The van der Waals surface area contributed by atoms with Crippen LogP contribution in [-0.2, 0) is 4.74 Å². The zero-order valence-electron chi connectivity index (χ0n) is 13.7. The molecule has 3 rings (SSSR count). The Kier molecular flexibility index (Phi) is 5.37. The minimum absolute atomic E-state index is 0.0732. The summed E-state index contributed by atoms with van der Waals surface area (Å²) in [5.41, 5.74) is 0.230. The number of hydrogen-bond acceptors (Lipinski definition) is 6. The van der Waals surface area contributed by atoms with Crippen LogP contribution in [0.5, 0.6) is 0 Å². The first-order chi connectivity index (χ1) is 12.5. The molecule has 26 heavy (non-hydrogen) atoms. The Morgan fingerprint density at radius 2 is 2.04 bits per heavy atom.